The molecule has 0 amide bonds. The van der Waals surface area contributed by atoms with E-state index < -0.39 is 0 Å². The zero-order valence-electron chi connectivity index (χ0n) is 6.55. The molecule has 2 rings (SSSR count). The van der Waals surface area contributed by atoms with Crippen LogP contribution in [0.3, 0.4) is 0 Å². The van der Waals surface area contributed by atoms with Gasteiger partial charge in [-0.25, -0.2) is 0 Å². The molecule has 0 aromatic heterocycles. The number of halogens is 1. The minimum absolute atomic E-state index is 0.663. The summed E-state index contributed by atoms with van der Waals surface area (Å²) in [6.07, 6.45) is 2.48. The first-order valence-electron chi connectivity index (χ1n) is 4.00. The van der Waals surface area contributed by atoms with Crippen molar-refractivity contribution >= 4 is 11.6 Å². The van der Waals surface area contributed by atoms with Gasteiger partial charge >= 0.3 is 0 Å². The van der Waals surface area contributed by atoms with Crippen molar-refractivity contribution in [2.75, 3.05) is 0 Å². The first-order valence-corrected chi connectivity index (χ1v) is 4.38. The zero-order valence-corrected chi connectivity index (χ0v) is 7.30. The first-order chi connectivity index (χ1) is 5.79. The molecule has 60 valence electrons. The van der Waals surface area contributed by atoms with E-state index in [0.717, 1.165) is 0 Å². The Labute approximate surface area is 76.6 Å². The molecule has 0 radical (unpaired) electrons. The summed E-state index contributed by atoms with van der Waals surface area (Å²) in [6, 6.07) is 7.70. The van der Waals surface area contributed by atoms with Crippen molar-refractivity contribution in [3.05, 3.63) is 34.3 Å². The topological polar surface area (TPSA) is 23.8 Å². The molecule has 1 aromatic rings. The first kappa shape index (κ1) is 7.64. The van der Waals surface area contributed by atoms with Gasteiger partial charge in [0.25, 0.3) is 0 Å². The van der Waals surface area contributed by atoms with Crippen LogP contribution in [-0.4, -0.2) is 0 Å². The van der Waals surface area contributed by atoms with E-state index in [1.807, 2.05) is 12.1 Å². The highest BCUT2D eigenvalue weighted by atomic mass is 35.5. The molecule has 12 heavy (non-hydrogen) atoms. The summed E-state index contributed by atoms with van der Waals surface area (Å²) in [4.78, 5) is 0. The largest absolute Gasteiger partial charge is 0.192 e. The molecule has 1 aromatic carbocycles. The second kappa shape index (κ2) is 2.80. The van der Waals surface area contributed by atoms with Crippen LogP contribution >= 0.6 is 11.6 Å². The molecule has 1 aliphatic rings. The molecule has 0 saturated heterocycles. The summed E-state index contributed by atoms with van der Waals surface area (Å²) in [5, 5.41) is 9.36. The molecule has 0 atom stereocenters. The minimum Gasteiger partial charge on any atom is -0.192 e. The number of benzene rings is 1. The summed E-state index contributed by atoms with van der Waals surface area (Å²) < 4.78 is 0. The summed E-state index contributed by atoms with van der Waals surface area (Å²) in [5.74, 6) is 0.663. The zero-order chi connectivity index (χ0) is 8.55. The van der Waals surface area contributed by atoms with Gasteiger partial charge in [0, 0.05) is 5.02 Å². The van der Waals surface area contributed by atoms with Gasteiger partial charge < -0.3 is 0 Å². The van der Waals surface area contributed by atoms with Crippen LogP contribution in [0.2, 0.25) is 5.02 Å². The van der Waals surface area contributed by atoms with Crippen LogP contribution in [0.4, 0.5) is 0 Å². The Kier molecular flexibility index (Phi) is 1.78. The number of hydrogen-bond donors (Lipinski definition) is 0. The molecule has 0 spiro atoms. The molecule has 1 nitrogen and oxygen atoms in total. The van der Waals surface area contributed by atoms with Crippen molar-refractivity contribution in [2.45, 2.75) is 18.8 Å². The van der Waals surface area contributed by atoms with E-state index in [0.29, 0.717) is 16.5 Å². The van der Waals surface area contributed by atoms with E-state index in [9.17, 15) is 0 Å². The molecule has 0 N–H and O–H groups in total. The summed E-state index contributed by atoms with van der Waals surface area (Å²) in [6.45, 7) is 0. The fourth-order valence-electron chi connectivity index (χ4n) is 1.33. The second-order valence-corrected chi connectivity index (χ2v) is 3.60. The molecule has 0 unspecified atom stereocenters. The molecule has 1 aliphatic carbocycles. The molecule has 2 heteroatoms. The number of nitrogens with zero attached hydrogens (tertiary/aromatic N) is 1. The van der Waals surface area contributed by atoms with Crippen LogP contribution in [0.1, 0.15) is 29.9 Å². The van der Waals surface area contributed by atoms with Crippen LogP contribution in [0, 0.1) is 11.3 Å². The fourth-order valence-corrected chi connectivity index (χ4v) is 1.57. The van der Waals surface area contributed by atoms with Crippen LogP contribution in [0.15, 0.2) is 18.2 Å². The van der Waals surface area contributed by atoms with Gasteiger partial charge in [-0.2, -0.15) is 5.26 Å². The Morgan fingerprint density at radius 3 is 2.67 bits per heavy atom. The Balaban J connectivity index is 2.43. The smallest absolute Gasteiger partial charge is 0.0992 e. The SMILES string of the molecule is N#Cc1cc(Cl)cc(C2CC2)c1. The van der Waals surface area contributed by atoms with E-state index in [1.165, 1.54) is 18.4 Å². The summed E-state index contributed by atoms with van der Waals surface area (Å²) in [7, 11) is 0. The van der Waals surface area contributed by atoms with E-state index in [2.05, 4.69) is 6.07 Å². The van der Waals surface area contributed by atoms with Gasteiger partial charge in [-0.05, 0) is 42.5 Å². The fraction of sp³-hybridized carbons (Fsp3) is 0.300. The Bertz CT molecular complexity index is 347. The molecule has 0 aliphatic heterocycles. The minimum atomic E-state index is 0.663. The Morgan fingerprint density at radius 2 is 2.08 bits per heavy atom. The molecular formula is C10H8ClN. The van der Waals surface area contributed by atoms with Gasteiger partial charge in [0.15, 0.2) is 0 Å². The van der Waals surface area contributed by atoms with E-state index in [1.54, 1.807) is 6.07 Å². The van der Waals surface area contributed by atoms with Gasteiger partial charge in [0.05, 0.1) is 11.6 Å². The van der Waals surface area contributed by atoms with Crippen LogP contribution < -0.4 is 0 Å². The highest BCUT2D eigenvalue weighted by molar-refractivity contribution is 6.30. The van der Waals surface area contributed by atoms with E-state index >= 15 is 0 Å². The summed E-state index contributed by atoms with van der Waals surface area (Å²) in [5.41, 5.74) is 1.89. The van der Waals surface area contributed by atoms with Gasteiger partial charge in [0.1, 0.15) is 0 Å². The van der Waals surface area contributed by atoms with Crippen molar-refractivity contribution in [3.63, 3.8) is 0 Å². The lowest BCUT2D eigenvalue weighted by molar-refractivity contribution is 1.13. The second-order valence-electron chi connectivity index (χ2n) is 3.16. The van der Waals surface area contributed by atoms with Crippen LogP contribution in [0.25, 0.3) is 0 Å². The standard InChI is InChI=1S/C10H8ClN/c11-10-4-7(6-12)3-9(5-10)8-1-2-8/h3-5,8H,1-2H2. The Morgan fingerprint density at radius 1 is 1.33 bits per heavy atom. The number of rotatable bonds is 1. The third kappa shape index (κ3) is 1.44. The maximum Gasteiger partial charge on any atom is 0.0992 e. The molecular weight excluding hydrogens is 170 g/mol. The van der Waals surface area contributed by atoms with Gasteiger partial charge in [-0.3, -0.25) is 0 Å². The van der Waals surface area contributed by atoms with Crippen molar-refractivity contribution in [1.82, 2.24) is 0 Å². The number of hydrogen-bond acceptors (Lipinski definition) is 1. The Hall–Kier alpha value is -1.00. The van der Waals surface area contributed by atoms with Crippen LogP contribution in [-0.2, 0) is 0 Å². The van der Waals surface area contributed by atoms with Gasteiger partial charge in [0.2, 0.25) is 0 Å². The quantitative estimate of drug-likeness (QED) is 0.647. The lowest BCUT2D eigenvalue weighted by Gasteiger charge is -1.98. The summed E-state index contributed by atoms with van der Waals surface area (Å²) >= 11 is 5.85. The predicted molar refractivity (Wildman–Crippen MR) is 48.1 cm³/mol. The van der Waals surface area contributed by atoms with Crippen LogP contribution in [0.5, 0.6) is 0 Å². The lowest BCUT2D eigenvalue weighted by atomic mass is 10.1. The van der Waals surface area contributed by atoms with E-state index in [4.69, 9.17) is 16.9 Å². The van der Waals surface area contributed by atoms with E-state index in [-0.39, 0.29) is 0 Å². The molecule has 1 fully saturated rings. The van der Waals surface area contributed by atoms with Crippen molar-refractivity contribution < 1.29 is 0 Å². The van der Waals surface area contributed by atoms with Gasteiger partial charge in [-0.15, -0.1) is 0 Å². The molecule has 0 heterocycles. The third-order valence-electron chi connectivity index (χ3n) is 2.10. The average Bonchev–Trinajstić information content (AvgIpc) is 2.85. The monoisotopic (exact) mass is 177 g/mol. The van der Waals surface area contributed by atoms with Crippen molar-refractivity contribution in [3.8, 4) is 6.07 Å². The molecule has 0 bridgehead atoms. The maximum atomic E-state index is 8.68. The lowest BCUT2D eigenvalue weighted by Crippen LogP contribution is -1.82. The highest BCUT2D eigenvalue weighted by Crippen LogP contribution is 2.41. The predicted octanol–water partition coefficient (Wildman–Crippen LogP) is 3.09. The highest BCUT2D eigenvalue weighted by Gasteiger charge is 2.23. The van der Waals surface area contributed by atoms with Crippen molar-refractivity contribution in [2.24, 2.45) is 0 Å². The maximum absolute atomic E-state index is 8.68. The molecule has 1 saturated carbocycles. The van der Waals surface area contributed by atoms with Gasteiger partial charge in [-0.1, -0.05) is 11.6 Å². The van der Waals surface area contributed by atoms with Crippen molar-refractivity contribution in [1.29, 1.82) is 5.26 Å². The third-order valence-corrected chi connectivity index (χ3v) is 2.32. The normalized spacial score (nSPS) is 15.7. The number of nitriles is 1. The average molecular weight is 178 g/mol.